The lowest BCUT2D eigenvalue weighted by molar-refractivity contribution is 0.745. The van der Waals surface area contributed by atoms with Crippen molar-refractivity contribution in [3.8, 4) is 78.5 Å². The minimum atomic E-state index is -0.687. The van der Waals surface area contributed by atoms with E-state index in [4.69, 9.17) is 6.58 Å². The van der Waals surface area contributed by atoms with Gasteiger partial charge in [-0.25, -0.2) is 0 Å². The number of nitriles is 1. The molecule has 0 unspecified atom stereocenters. The molecule has 0 aliphatic heterocycles. The lowest BCUT2D eigenvalue weighted by atomic mass is 9.64. The Balaban J connectivity index is 0.757. The third-order valence-electron chi connectivity index (χ3n) is 17.9. The summed E-state index contributed by atoms with van der Waals surface area (Å²) in [5.74, 6) is 0. The number of rotatable bonds is 14. The van der Waals surface area contributed by atoms with Crippen molar-refractivity contribution in [1.29, 1.82) is 5.26 Å². The summed E-state index contributed by atoms with van der Waals surface area (Å²) >= 11 is 1.86. The van der Waals surface area contributed by atoms with Gasteiger partial charge in [0.25, 0.3) is 0 Å². The van der Waals surface area contributed by atoms with Crippen LogP contribution in [0.4, 0.5) is 0 Å². The second-order valence-electron chi connectivity index (χ2n) is 23.2. The van der Waals surface area contributed by atoms with Crippen molar-refractivity contribution in [3.63, 3.8) is 0 Å². The van der Waals surface area contributed by atoms with E-state index >= 15 is 0 Å². The fourth-order valence-electron chi connectivity index (χ4n) is 13.6. The van der Waals surface area contributed by atoms with E-state index in [9.17, 15) is 5.26 Å². The Kier molecular flexibility index (Phi) is 14.5. The van der Waals surface area contributed by atoms with Gasteiger partial charge in [0, 0.05) is 37.0 Å². The number of hydrogen-bond acceptors (Lipinski definition) is 2. The highest BCUT2D eigenvalue weighted by atomic mass is 32.1. The first-order valence-electron chi connectivity index (χ1n) is 30.6. The van der Waals surface area contributed by atoms with Crippen LogP contribution in [0.1, 0.15) is 43.8 Å². The fraction of sp³-hybridized carbons (Fsp3) is 0.0230. The summed E-state index contributed by atoms with van der Waals surface area (Å²) < 4.78 is 3.64. The van der Waals surface area contributed by atoms with Crippen LogP contribution in [0.3, 0.4) is 0 Å². The summed E-state index contributed by atoms with van der Waals surface area (Å²) in [7, 11) is 0. The molecule has 0 radical (unpaired) electrons. The van der Waals surface area contributed by atoms with Crippen LogP contribution in [0.25, 0.3) is 116 Å². The summed E-state index contributed by atoms with van der Waals surface area (Å²) in [5.41, 5.74) is 25.2. The number of hydrogen-bond donors (Lipinski definition) is 0. The SMILES string of the molecule is C=C(/C=C\c1c(C)sc2c(-c3ccccc3-c3cccc(-c4cccc(-c5cccc(-c6cccc(C#N)c6)c5)c4)c3)cccc12)c1cccc(C(c2ccccc2)(c2ccccc2)c2cccc(-c3ccc4c(c3)c3ccccc3n4-c3ccccc3)c2)c1. The molecule has 0 aliphatic carbocycles. The van der Waals surface area contributed by atoms with E-state index < -0.39 is 5.41 Å². The maximum absolute atomic E-state index is 9.56. The van der Waals surface area contributed by atoms with E-state index in [2.05, 4.69) is 333 Å². The van der Waals surface area contributed by atoms with Gasteiger partial charge < -0.3 is 4.57 Å². The molecule has 3 heteroatoms. The van der Waals surface area contributed by atoms with Crippen LogP contribution in [0, 0.1) is 18.3 Å². The Bertz CT molecular complexity index is 5250. The second kappa shape index (κ2) is 23.7. The lowest BCUT2D eigenvalue weighted by Crippen LogP contribution is -2.31. The number of benzene rings is 13. The molecule has 13 aromatic carbocycles. The molecule has 0 aliphatic rings. The summed E-state index contributed by atoms with van der Waals surface area (Å²) in [5, 5.41) is 13.2. The van der Waals surface area contributed by atoms with E-state index in [0.717, 1.165) is 66.9 Å². The average molecular weight is 1170 g/mol. The van der Waals surface area contributed by atoms with Crippen LogP contribution < -0.4 is 0 Å². The predicted octanol–water partition coefficient (Wildman–Crippen LogP) is 23.3. The van der Waals surface area contributed by atoms with Gasteiger partial charge in [-0.2, -0.15) is 5.26 Å². The zero-order valence-electron chi connectivity index (χ0n) is 49.8. The van der Waals surface area contributed by atoms with Crippen molar-refractivity contribution < 1.29 is 0 Å². The Hall–Kier alpha value is -11.4. The van der Waals surface area contributed by atoms with Gasteiger partial charge in [-0.3, -0.25) is 0 Å². The zero-order valence-corrected chi connectivity index (χ0v) is 50.6. The monoisotopic (exact) mass is 1160 g/mol. The number of para-hydroxylation sites is 2. The minimum absolute atomic E-state index is 0.655. The Morgan fingerprint density at radius 3 is 1.52 bits per heavy atom. The Morgan fingerprint density at radius 2 is 0.856 bits per heavy atom. The van der Waals surface area contributed by atoms with Crippen molar-refractivity contribution in [2.45, 2.75) is 12.3 Å². The van der Waals surface area contributed by atoms with Gasteiger partial charge in [0.05, 0.1) is 28.1 Å². The fourth-order valence-corrected chi connectivity index (χ4v) is 14.8. The number of nitrogens with zero attached hydrogens (tertiary/aromatic N) is 2. The quantitative estimate of drug-likeness (QED) is 0.0788. The summed E-state index contributed by atoms with van der Waals surface area (Å²) in [6, 6.07) is 119. The highest BCUT2D eigenvalue weighted by molar-refractivity contribution is 7.20. The van der Waals surface area contributed by atoms with Crippen LogP contribution in [0.5, 0.6) is 0 Å². The average Bonchev–Trinajstić information content (AvgIpc) is 0.792. The van der Waals surface area contributed by atoms with E-state index in [1.807, 2.05) is 29.5 Å². The third-order valence-corrected chi connectivity index (χ3v) is 19.1. The summed E-state index contributed by atoms with van der Waals surface area (Å²) in [4.78, 5) is 1.25. The molecule has 0 bridgehead atoms. The standard InChI is InChI=1S/C87H60N2S/c1-59(47-49-77-60(2)90-86-81(77)44-22-45-82(86)79-42-13-12-41-78(79)71-32-19-30-68(54-71)67-29-18-28-66(53-67)65-27-17-26-64(52-65)63-25-16-23-61(51-63)58-88)62-24-20-37-74(55-62)87(72-33-6-3-7-34-72,73-35-8-4-9-36-73)75-38-21-31-69(56-75)70-48-50-85-83(57-70)80-43-14-15-46-84(80)89(85)76-39-10-5-11-40-76/h3-57H,1H2,2H3/b49-47-. The summed E-state index contributed by atoms with van der Waals surface area (Å²) in [6.45, 7) is 7.02. The third kappa shape index (κ3) is 10.1. The van der Waals surface area contributed by atoms with Crippen molar-refractivity contribution in [2.75, 3.05) is 0 Å². The lowest BCUT2D eigenvalue weighted by Gasteiger charge is -2.37. The molecule has 424 valence electrons. The van der Waals surface area contributed by atoms with Crippen LogP contribution in [0.2, 0.25) is 0 Å². The van der Waals surface area contributed by atoms with Gasteiger partial charge in [0.15, 0.2) is 0 Å². The number of aromatic nitrogens is 1. The van der Waals surface area contributed by atoms with Crippen molar-refractivity contribution in [2.24, 2.45) is 0 Å². The van der Waals surface area contributed by atoms with Gasteiger partial charge in [0.1, 0.15) is 0 Å². The molecule has 0 fully saturated rings. The molecule has 0 saturated heterocycles. The molecule has 2 aromatic heterocycles. The molecule has 2 nitrogen and oxygen atoms in total. The van der Waals surface area contributed by atoms with Gasteiger partial charge in [-0.15, -0.1) is 11.3 Å². The highest BCUT2D eigenvalue weighted by Gasteiger charge is 2.39. The maximum Gasteiger partial charge on any atom is 0.0991 e. The smallest absolute Gasteiger partial charge is 0.0991 e. The predicted molar refractivity (Wildman–Crippen MR) is 381 cm³/mol. The van der Waals surface area contributed by atoms with Gasteiger partial charge in [-0.1, -0.05) is 267 Å². The number of allylic oxidation sites excluding steroid dienone is 2. The second-order valence-corrected chi connectivity index (χ2v) is 24.4. The van der Waals surface area contributed by atoms with E-state index in [-0.39, 0.29) is 0 Å². The molecule has 2 heterocycles. The van der Waals surface area contributed by atoms with Gasteiger partial charge in [0.2, 0.25) is 0 Å². The van der Waals surface area contributed by atoms with Crippen molar-refractivity contribution >= 4 is 54.9 Å². The first kappa shape index (κ1) is 55.2. The Morgan fingerprint density at radius 1 is 0.389 bits per heavy atom. The van der Waals surface area contributed by atoms with Crippen LogP contribution in [-0.2, 0) is 5.41 Å². The number of aryl methyl sites for hydroxylation is 1. The molecule has 0 spiro atoms. The zero-order chi connectivity index (χ0) is 60.5. The van der Waals surface area contributed by atoms with E-state index in [0.29, 0.717) is 5.56 Å². The molecule has 90 heavy (non-hydrogen) atoms. The van der Waals surface area contributed by atoms with Crippen LogP contribution >= 0.6 is 11.3 Å². The minimum Gasteiger partial charge on any atom is -0.309 e. The number of fused-ring (bicyclic) bond motifs is 4. The van der Waals surface area contributed by atoms with E-state index in [1.165, 1.54) is 81.3 Å². The van der Waals surface area contributed by atoms with Gasteiger partial charge >= 0.3 is 0 Å². The van der Waals surface area contributed by atoms with Crippen LogP contribution in [-0.4, -0.2) is 4.57 Å². The molecular weight excluding hydrogens is 1110 g/mol. The summed E-state index contributed by atoms with van der Waals surface area (Å²) in [6.07, 6.45) is 4.48. The van der Waals surface area contributed by atoms with Crippen LogP contribution in [0.15, 0.2) is 334 Å². The molecule has 15 rings (SSSR count). The molecule has 15 aromatic rings. The van der Waals surface area contributed by atoms with E-state index in [1.54, 1.807) is 0 Å². The molecular formula is C87H60N2S. The first-order chi connectivity index (χ1) is 44.4. The normalized spacial score (nSPS) is 11.6. The highest BCUT2D eigenvalue weighted by Crippen LogP contribution is 2.48. The molecule has 0 N–H and O–H groups in total. The van der Waals surface area contributed by atoms with Crippen molar-refractivity contribution in [3.05, 3.63) is 378 Å². The molecule has 0 amide bonds. The first-order valence-corrected chi connectivity index (χ1v) is 31.4. The molecule has 0 saturated carbocycles. The topological polar surface area (TPSA) is 28.7 Å². The largest absolute Gasteiger partial charge is 0.309 e. The molecule has 0 atom stereocenters. The van der Waals surface area contributed by atoms with Crippen molar-refractivity contribution in [1.82, 2.24) is 4.57 Å². The Labute approximate surface area is 530 Å². The number of thiophene rings is 1. The van der Waals surface area contributed by atoms with Gasteiger partial charge in [-0.05, 0) is 180 Å². The maximum atomic E-state index is 9.56.